The molecule has 26 heavy (non-hydrogen) atoms. The fourth-order valence-corrected chi connectivity index (χ4v) is 2.58. The standard InChI is InChI=1S/C20H17ClFN3O/c21-18-4-2-1-3-15(18)13-25-20(26)19-11-17(9-10-23-19)24-12-14-5-7-16(22)8-6-14/h1-11H,12-13H2,(H,23,24)(H,25,26). The van der Waals surface area contributed by atoms with Crippen molar-refractivity contribution in [1.29, 1.82) is 0 Å². The topological polar surface area (TPSA) is 54.0 Å². The molecule has 1 heterocycles. The minimum atomic E-state index is -0.282. The van der Waals surface area contributed by atoms with Crippen molar-refractivity contribution < 1.29 is 9.18 Å². The van der Waals surface area contributed by atoms with Gasteiger partial charge in [0.15, 0.2) is 0 Å². The summed E-state index contributed by atoms with van der Waals surface area (Å²) in [5.74, 6) is -0.550. The second-order valence-corrected chi connectivity index (χ2v) is 6.09. The number of aromatic nitrogens is 1. The predicted octanol–water partition coefficient (Wildman–Crippen LogP) is 4.42. The van der Waals surface area contributed by atoms with E-state index in [1.807, 2.05) is 18.2 Å². The zero-order valence-corrected chi connectivity index (χ0v) is 14.6. The molecule has 0 radical (unpaired) electrons. The SMILES string of the molecule is O=C(NCc1ccccc1Cl)c1cc(NCc2ccc(F)cc2)ccn1. The molecule has 0 aliphatic rings. The van der Waals surface area contributed by atoms with E-state index in [1.165, 1.54) is 12.1 Å². The fraction of sp³-hybridized carbons (Fsp3) is 0.100. The summed E-state index contributed by atoms with van der Waals surface area (Å²) in [5, 5.41) is 6.61. The molecule has 3 aromatic rings. The summed E-state index contributed by atoms with van der Waals surface area (Å²) in [6.07, 6.45) is 1.57. The van der Waals surface area contributed by atoms with E-state index in [0.717, 1.165) is 16.8 Å². The average molecular weight is 370 g/mol. The van der Waals surface area contributed by atoms with Crippen LogP contribution in [0.5, 0.6) is 0 Å². The average Bonchev–Trinajstić information content (AvgIpc) is 2.67. The van der Waals surface area contributed by atoms with E-state index in [4.69, 9.17) is 11.6 Å². The van der Waals surface area contributed by atoms with Crippen molar-refractivity contribution in [3.05, 3.63) is 94.5 Å². The Bertz CT molecular complexity index is 900. The van der Waals surface area contributed by atoms with Gasteiger partial charge in [0.25, 0.3) is 5.91 Å². The maximum Gasteiger partial charge on any atom is 0.270 e. The van der Waals surface area contributed by atoms with Crippen molar-refractivity contribution in [2.45, 2.75) is 13.1 Å². The number of pyridine rings is 1. The first kappa shape index (κ1) is 17.9. The summed E-state index contributed by atoms with van der Waals surface area (Å²) >= 11 is 6.09. The second-order valence-electron chi connectivity index (χ2n) is 5.68. The van der Waals surface area contributed by atoms with Crippen molar-refractivity contribution in [3.8, 4) is 0 Å². The van der Waals surface area contributed by atoms with Crippen LogP contribution < -0.4 is 10.6 Å². The molecule has 1 amide bonds. The number of nitrogens with one attached hydrogen (secondary N) is 2. The van der Waals surface area contributed by atoms with Crippen LogP contribution in [-0.2, 0) is 13.1 Å². The van der Waals surface area contributed by atoms with Crippen LogP contribution in [0.1, 0.15) is 21.6 Å². The van der Waals surface area contributed by atoms with Crippen LogP contribution in [0, 0.1) is 5.82 Å². The summed E-state index contributed by atoms with van der Waals surface area (Å²) in [6, 6.07) is 17.0. The Morgan fingerprint density at radius 3 is 2.58 bits per heavy atom. The van der Waals surface area contributed by atoms with Gasteiger partial charge in [-0.1, -0.05) is 41.9 Å². The fourth-order valence-electron chi connectivity index (χ4n) is 2.38. The van der Waals surface area contributed by atoms with Gasteiger partial charge in [0, 0.05) is 30.0 Å². The number of halogens is 2. The highest BCUT2D eigenvalue weighted by Crippen LogP contribution is 2.15. The van der Waals surface area contributed by atoms with E-state index in [9.17, 15) is 9.18 Å². The molecule has 2 N–H and O–H groups in total. The van der Waals surface area contributed by atoms with E-state index < -0.39 is 0 Å². The van der Waals surface area contributed by atoms with Crippen LogP contribution in [0.2, 0.25) is 5.02 Å². The molecule has 0 bridgehead atoms. The summed E-state index contributed by atoms with van der Waals surface area (Å²) in [5.41, 5.74) is 2.84. The lowest BCUT2D eigenvalue weighted by Crippen LogP contribution is -2.24. The zero-order valence-electron chi connectivity index (χ0n) is 13.9. The van der Waals surface area contributed by atoms with Gasteiger partial charge in [-0.3, -0.25) is 9.78 Å². The Kier molecular flexibility index (Phi) is 5.81. The minimum Gasteiger partial charge on any atom is -0.381 e. The summed E-state index contributed by atoms with van der Waals surface area (Å²) in [7, 11) is 0. The monoisotopic (exact) mass is 369 g/mol. The highest BCUT2D eigenvalue weighted by Gasteiger charge is 2.09. The van der Waals surface area contributed by atoms with Crippen LogP contribution in [0.15, 0.2) is 66.9 Å². The Hall–Kier alpha value is -2.92. The zero-order chi connectivity index (χ0) is 18.4. The molecule has 4 nitrogen and oxygen atoms in total. The van der Waals surface area contributed by atoms with Crippen molar-refractivity contribution in [3.63, 3.8) is 0 Å². The highest BCUT2D eigenvalue weighted by molar-refractivity contribution is 6.31. The van der Waals surface area contributed by atoms with Crippen molar-refractivity contribution in [2.75, 3.05) is 5.32 Å². The first-order valence-electron chi connectivity index (χ1n) is 8.08. The Balaban J connectivity index is 1.60. The lowest BCUT2D eigenvalue weighted by atomic mass is 10.2. The molecule has 0 saturated carbocycles. The Morgan fingerprint density at radius 2 is 1.81 bits per heavy atom. The molecule has 0 aliphatic carbocycles. The molecule has 3 rings (SSSR count). The van der Waals surface area contributed by atoms with E-state index >= 15 is 0 Å². The summed E-state index contributed by atoms with van der Waals surface area (Å²) < 4.78 is 12.9. The Morgan fingerprint density at radius 1 is 1.04 bits per heavy atom. The lowest BCUT2D eigenvalue weighted by molar-refractivity contribution is 0.0946. The molecule has 0 aliphatic heterocycles. The van der Waals surface area contributed by atoms with Crippen LogP contribution in [0.4, 0.5) is 10.1 Å². The van der Waals surface area contributed by atoms with Crippen LogP contribution in [0.25, 0.3) is 0 Å². The molecule has 0 atom stereocenters. The predicted molar refractivity (Wildman–Crippen MR) is 101 cm³/mol. The van der Waals surface area contributed by atoms with E-state index in [2.05, 4.69) is 15.6 Å². The number of carbonyl (C=O) groups is 1. The molecule has 0 saturated heterocycles. The molecule has 0 fully saturated rings. The number of anilines is 1. The van der Waals surface area contributed by atoms with Gasteiger partial charge in [-0.25, -0.2) is 4.39 Å². The molecule has 2 aromatic carbocycles. The second kappa shape index (κ2) is 8.45. The van der Waals surface area contributed by atoms with Crippen molar-refractivity contribution >= 4 is 23.2 Å². The van der Waals surface area contributed by atoms with Crippen molar-refractivity contribution in [2.24, 2.45) is 0 Å². The van der Waals surface area contributed by atoms with Gasteiger partial charge in [0.05, 0.1) is 0 Å². The number of hydrogen-bond acceptors (Lipinski definition) is 3. The van der Waals surface area contributed by atoms with Crippen LogP contribution >= 0.6 is 11.6 Å². The van der Waals surface area contributed by atoms with Gasteiger partial charge in [0.1, 0.15) is 11.5 Å². The number of nitrogens with zero attached hydrogens (tertiary/aromatic N) is 1. The molecular weight excluding hydrogens is 353 g/mol. The first-order chi connectivity index (χ1) is 12.6. The molecule has 0 spiro atoms. The molecule has 1 aromatic heterocycles. The van der Waals surface area contributed by atoms with Gasteiger partial charge in [-0.15, -0.1) is 0 Å². The van der Waals surface area contributed by atoms with Crippen LogP contribution in [-0.4, -0.2) is 10.9 Å². The normalized spacial score (nSPS) is 10.4. The van der Waals surface area contributed by atoms with E-state index in [0.29, 0.717) is 23.8 Å². The molecule has 132 valence electrons. The maximum atomic E-state index is 12.9. The number of amides is 1. The van der Waals surface area contributed by atoms with Gasteiger partial charge >= 0.3 is 0 Å². The first-order valence-corrected chi connectivity index (χ1v) is 8.45. The summed E-state index contributed by atoms with van der Waals surface area (Å²) in [6.45, 7) is 0.846. The van der Waals surface area contributed by atoms with E-state index in [-0.39, 0.29) is 11.7 Å². The highest BCUT2D eigenvalue weighted by atomic mass is 35.5. The maximum absolute atomic E-state index is 12.9. The van der Waals surface area contributed by atoms with Crippen LogP contribution in [0.3, 0.4) is 0 Å². The largest absolute Gasteiger partial charge is 0.381 e. The van der Waals surface area contributed by atoms with Gasteiger partial charge in [0.2, 0.25) is 0 Å². The van der Waals surface area contributed by atoms with E-state index in [1.54, 1.807) is 36.5 Å². The molecule has 6 heteroatoms. The third-order valence-corrected chi connectivity index (χ3v) is 4.17. The Labute approximate surface area is 156 Å². The molecular formula is C20H17ClFN3O. The lowest BCUT2D eigenvalue weighted by Gasteiger charge is -2.09. The quantitative estimate of drug-likeness (QED) is 0.676. The smallest absolute Gasteiger partial charge is 0.270 e. The number of rotatable bonds is 6. The third kappa shape index (κ3) is 4.80. The minimum absolute atomic E-state index is 0.268. The number of carbonyl (C=O) groups excluding carboxylic acids is 1. The van der Waals surface area contributed by atoms with Gasteiger partial charge in [-0.2, -0.15) is 0 Å². The number of hydrogen-bond donors (Lipinski definition) is 2. The molecule has 0 unspecified atom stereocenters. The third-order valence-electron chi connectivity index (χ3n) is 3.80. The van der Waals surface area contributed by atoms with Crippen molar-refractivity contribution in [1.82, 2.24) is 10.3 Å². The number of benzene rings is 2. The summed E-state index contributed by atoms with van der Waals surface area (Å²) in [4.78, 5) is 16.4. The van der Waals surface area contributed by atoms with Gasteiger partial charge in [-0.05, 0) is 41.5 Å². The van der Waals surface area contributed by atoms with Gasteiger partial charge < -0.3 is 10.6 Å².